The van der Waals surface area contributed by atoms with Gasteiger partial charge < -0.3 is 20.1 Å². The van der Waals surface area contributed by atoms with Crippen LogP contribution in [0.3, 0.4) is 0 Å². The third kappa shape index (κ3) is 4.67. The second kappa shape index (κ2) is 9.17. The zero-order chi connectivity index (χ0) is 22.5. The fraction of sp³-hybridized carbons (Fsp3) is 0.0870. The number of aromatic nitrogens is 3. The van der Waals surface area contributed by atoms with Crippen molar-refractivity contribution in [2.45, 2.75) is 0 Å². The minimum atomic E-state index is -0.420. The average Bonchev–Trinajstić information content (AvgIpc) is 3.24. The molecule has 9 heteroatoms. The number of benzene rings is 3. The van der Waals surface area contributed by atoms with Crippen molar-refractivity contribution in [2.75, 3.05) is 24.9 Å². The minimum absolute atomic E-state index is 0.137. The van der Waals surface area contributed by atoms with Gasteiger partial charge in [-0.2, -0.15) is 4.98 Å². The normalized spacial score (nSPS) is 10.5. The molecule has 1 aromatic heterocycles. The fourth-order valence-electron chi connectivity index (χ4n) is 3.08. The Kier molecular flexibility index (Phi) is 5.98. The van der Waals surface area contributed by atoms with Crippen LogP contribution in [0, 0.1) is 5.82 Å². The van der Waals surface area contributed by atoms with E-state index >= 15 is 0 Å². The van der Waals surface area contributed by atoms with E-state index in [0.29, 0.717) is 34.2 Å². The molecule has 32 heavy (non-hydrogen) atoms. The predicted octanol–water partition coefficient (Wildman–Crippen LogP) is 4.73. The second-order valence-electron chi connectivity index (χ2n) is 6.71. The maximum absolute atomic E-state index is 13.8. The van der Waals surface area contributed by atoms with Crippen LogP contribution in [0.1, 0.15) is 0 Å². The smallest absolute Gasteiger partial charge is 0.336 e. The lowest BCUT2D eigenvalue weighted by molar-refractivity contribution is 0.262. The van der Waals surface area contributed by atoms with Gasteiger partial charge in [-0.05, 0) is 42.5 Å². The topological polar surface area (TPSA) is 90.3 Å². The van der Waals surface area contributed by atoms with E-state index in [1.54, 1.807) is 67.8 Å². The summed E-state index contributed by atoms with van der Waals surface area (Å²) in [4.78, 5) is 16.8. The molecular weight excluding hydrogens is 413 g/mol. The first-order valence-corrected chi connectivity index (χ1v) is 9.65. The van der Waals surface area contributed by atoms with Gasteiger partial charge in [0.05, 0.1) is 19.9 Å². The molecule has 0 spiro atoms. The summed E-state index contributed by atoms with van der Waals surface area (Å²) in [5.74, 6) is 0.648. The zero-order valence-corrected chi connectivity index (χ0v) is 17.4. The largest absolute Gasteiger partial charge is 0.497 e. The molecule has 162 valence electrons. The van der Waals surface area contributed by atoms with E-state index in [4.69, 9.17) is 9.47 Å². The highest BCUT2D eigenvalue weighted by atomic mass is 19.1. The molecule has 0 saturated carbocycles. The average molecular weight is 433 g/mol. The molecule has 0 aliphatic carbocycles. The maximum Gasteiger partial charge on any atom is 0.336 e. The SMILES string of the molecule is COc1cccc(NC(=O)Nc2cccc(-n3nc(OC)nc3-c3cccc(F)c3)c2)c1. The molecular formula is C23H20FN5O3. The summed E-state index contributed by atoms with van der Waals surface area (Å²) >= 11 is 0. The van der Waals surface area contributed by atoms with E-state index in [1.165, 1.54) is 23.9 Å². The van der Waals surface area contributed by atoms with E-state index in [9.17, 15) is 9.18 Å². The summed E-state index contributed by atoms with van der Waals surface area (Å²) in [6.07, 6.45) is 0. The number of carbonyl (C=O) groups is 1. The molecule has 0 radical (unpaired) electrons. The lowest BCUT2D eigenvalue weighted by Gasteiger charge is -2.11. The quantitative estimate of drug-likeness (QED) is 0.459. The molecule has 0 aliphatic heterocycles. The summed E-state index contributed by atoms with van der Waals surface area (Å²) in [7, 11) is 3.01. The Labute approximate surface area is 183 Å². The molecule has 3 aromatic carbocycles. The van der Waals surface area contributed by atoms with E-state index < -0.39 is 6.03 Å². The third-order valence-corrected chi connectivity index (χ3v) is 4.53. The van der Waals surface area contributed by atoms with Crippen molar-refractivity contribution < 1.29 is 18.7 Å². The molecule has 0 aliphatic rings. The van der Waals surface area contributed by atoms with Gasteiger partial charge in [0.1, 0.15) is 11.6 Å². The van der Waals surface area contributed by atoms with Crippen LogP contribution in [0.25, 0.3) is 17.1 Å². The van der Waals surface area contributed by atoms with Gasteiger partial charge >= 0.3 is 12.0 Å². The molecule has 2 amide bonds. The number of halogens is 1. The number of ether oxygens (including phenoxy) is 2. The van der Waals surface area contributed by atoms with Gasteiger partial charge in [0, 0.05) is 23.0 Å². The van der Waals surface area contributed by atoms with Crippen LogP contribution < -0.4 is 20.1 Å². The highest BCUT2D eigenvalue weighted by molar-refractivity contribution is 6.00. The number of anilines is 2. The van der Waals surface area contributed by atoms with E-state index in [1.807, 2.05) is 0 Å². The lowest BCUT2D eigenvalue weighted by atomic mass is 10.2. The summed E-state index contributed by atoms with van der Waals surface area (Å²) in [5.41, 5.74) is 2.27. The third-order valence-electron chi connectivity index (χ3n) is 4.53. The van der Waals surface area contributed by atoms with Crippen LogP contribution >= 0.6 is 0 Å². The van der Waals surface area contributed by atoms with Crippen molar-refractivity contribution in [1.29, 1.82) is 0 Å². The number of rotatable bonds is 6. The molecule has 2 N–H and O–H groups in total. The van der Waals surface area contributed by atoms with Gasteiger partial charge in [0.25, 0.3) is 0 Å². The van der Waals surface area contributed by atoms with Gasteiger partial charge in [-0.25, -0.2) is 13.9 Å². The van der Waals surface area contributed by atoms with Gasteiger partial charge in [0.15, 0.2) is 5.82 Å². The number of hydrogen-bond acceptors (Lipinski definition) is 5. The zero-order valence-electron chi connectivity index (χ0n) is 17.4. The van der Waals surface area contributed by atoms with Crippen molar-refractivity contribution in [1.82, 2.24) is 14.8 Å². The van der Waals surface area contributed by atoms with Crippen molar-refractivity contribution in [3.05, 3.63) is 78.6 Å². The molecule has 0 bridgehead atoms. The van der Waals surface area contributed by atoms with Gasteiger partial charge in [-0.3, -0.25) is 0 Å². The molecule has 4 aromatic rings. The number of nitrogens with zero attached hydrogens (tertiary/aromatic N) is 3. The van der Waals surface area contributed by atoms with Gasteiger partial charge in [0.2, 0.25) is 0 Å². The van der Waals surface area contributed by atoms with E-state index in [-0.39, 0.29) is 11.8 Å². The van der Waals surface area contributed by atoms with Crippen LogP contribution in [0.4, 0.5) is 20.6 Å². The first-order valence-electron chi connectivity index (χ1n) is 9.65. The number of hydrogen-bond donors (Lipinski definition) is 2. The summed E-state index contributed by atoms with van der Waals surface area (Å²) in [5, 5.41) is 9.87. The standard InChI is InChI=1S/C23H20FN5O3/c1-31-20-11-5-9-18(14-20)26-22(30)25-17-8-4-10-19(13-17)29-21(27-23(28-29)32-2)15-6-3-7-16(24)12-15/h3-14H,1-2H3,(H2,25,26,30). The molecule has 1 heterocycles. The molecule has 0 unspecified atom stereocenters. The second-order valence-corrected chi connectivity index (χ2v) is 6.71. The van der Waals surface area contributed by atoms with Crippen molar-refractivity contribution in [2.24, 2.45) is 0 Å². The van der Waals surface area contributed by atoms with Crippen molar-refractivity contribution >= 4 is 17.4 Å². The molecule has 0 atom stereocenters. The Hall–Kier alpha value is -4.40. The Balaban J connectivity index is 1.59. The highest BCUT2D eigenvalue weighted by Crippen LogP contribution is 2.25. The molecule has 0 saturated heterocycles. The summed E-state index contributed by atoms with van der Waals surface area (Å²) in [6.45, 7) is 0. The van der Waals surface area contributed by atoms with E-state index in [0.717, 1.165) is 0 Å². The number of urea groups is 1. The number of carbonyl (C=O) groups excluding carboxylic acids is 1. The number of methoxy groups -OCH3 is 2. The monoisotopic (exact) mass is 433 g/mol. The highest BCUT2D eigenvalue weighted by Gasteiger charge is 2.15. The minimum Gasteiger partial charge on any atom is -0.497 e. The Morgan fingerprint density at radius 3 is 2.34 bits per heavy atom. The summed E-state index contributed by atoms with van der Waals surface area (Å²) < 4.78 is 25.6. The maximum atomic E-state index is 13.8. The molecule has 4 rings (SSSR count). The first kappa shape index (κ1) is 20.9. The Morgan fingerprint density at radius 1 is 0.906 bits per heavy atom. The van der Waals surface area contributed by atoms with Crippen LogP contribution in [0.2, 0.25) is 0 Å². The number of nitrogens with one attached hydrogen (secondary N) is 2. The lowest BCUT2D eigenvalue weighted by Crippen LogP contribution is -2.19. The van der Waals surface area contributed by atoms with Crippen LogP contribution in [-0.4, -0.2) is 35.0 Å². The first-order chi connectivity index (χ1) is 15.6. The van der Waals surface area contributed by atoms with Crippen LogP contribution in [0.5, 0.6) is 11.8 Å². The van der Waals surface area contributed by atoms with Crippen molar-refractivity contribution in [3.8, 4) is 28.8 Å². The van der Waals surface area contributed by atoms with Gasteiger partial charge in [-0.15, -0.1) is 5.10 Å². The van der Waals surface area contributed by atoms with Crippen LogP contribution in [0.15, 0.2) is 72.8 Å². The summed E-state index contributed by atoms with van der Waals surface area (Å²) in [6, 6.07) is 19.8. The van der Waals surface area contributed by atoms with Crippen LogP contribution in [-0.2, 0) is 0 Å². The molecule has 0 fully saturated rings. The van der Waals surface area contributed by atoms with Crippen molar-refractivity contribution in [3.63, 3.8) is 0 Å². The Morgan fingerprint density at radius 2 is 1.62 bits per heavy atom. The molecule has 8 nitrogen and oxygen atoms in total. The number of amides is 2. The van der Waals surface area contributed by atoms with E-state index in [2.05, 4.69) is 20.7 Å². The fourth-order valence-corrected chi connectivity index (χ4v) is 3.08. The Bertz CT molecular complexity index is 1260. The predicted molar refractivity (Wildman–Crippen MR) is 119 cm³/mol. The van der Waals surface area contributed by atoms with Gasteiger partial charge in [-0.1, -0.05) is 24.3 Å².